The Hall–Kier alpha value is -3.19. The van der Waals surface area contributed by atoms with Crippen LogP contribution in [0, 0.1) is 0 Å². The molecular formula is C25H31N5O2. The third-order valence-corrected chi connectivity index (χ3v) is 6.57. The molecule has 1 aromatic heterocycles. The summed E-state index contributed by atoms with van der Waals surface area (Å²) in [5.74, 6) is 1.87. The second-order valence-electron chi connectivity index (χ2n) is 8.63. The molecule has 168 valence electrons. The summed E-state index contributed by atoms with van der Waals surface area (Å²) in [5.41, 5.74) is 9.09. The first-order valence-electron chi connectivity index (χ1n) is 11.6. The number of carbonyl (C=O) groups is 1. The minimum atomic E-state index is -0.526. The summed E-state index contributed by atoms with van der Waals surface area (Å²) in [6.07, 6.45) is 3.19. The van der Waals surface area contributed by atoms with Gasteiger partial charge in [-0.05, 0) is 43.1 Å². The molecular weight excluding hydrogens is 402 g/mol. The predicted molar refractivity (Wildman–Crippen MR) is 129 cm³/mol. The number of unbranched alkanes of at least 4 members (excludes halogenated alkanes) is 1. The fourth-order valence-corrected chi connectivity index (χ4v) is 4.95. The van der Waals surface area contributed by atoms with Crippen molar-refractivity contribution in [1.82, 2.24) is 9.47 Å². The van der Waals surface area contributed by atoms with E-state index in [-0.39, 0.29) is 0 Å². The highest BCUT2D eigenvalue weighted by molar-refractivity contribution is 5.92. The molecule has 7 nitrogen and oxygen atoms in total. The van der Waals surface area contributed by atoms with Gasteiger partial charge in [-0.25, -0.2) is 4.79 Å². The van der Waals surface area contributed by atoms with Gasteiger partial charge in [0.05, 0.1) is 12.3 Å². The normalized spacial score (nSPS) is 16.2. The molecule has 2 aliphatic heterocycles. The molecule has 2 amide bonds. The number of piperazine rings is 1. The van der Waals surface area contributed by atoms with Crippen molar-refractivity contribution in [3.8, 4) is 5.75 Å². The molecule has 7 heteroatoms. The van der Waals surface area contributed by atoms with Crippen molar-refractivity contribution in [3.63, 3.8) is 0 Å². The molecule has 0 aliphatic carbocycles. The zero-order valence-corrected chi connectivity index (χ0v) is 18.4. The average molecular weight is 434 g/mol. The standard InChI is InChI=1S/C25H31N5O2/c26-25(31)27-23-18-20-6-1-2-8-21(20)30(23)12-4-3-11-28-13-15-29(16-14-28)22-9-5-7-19-10-17-32-24(19)22/h1-2,5-9,18H,3-4,10-17H2,(H3,26,27,31). The first-order chi connectivity index (χ1) is 15.7. The maximum Gasteiger partial charge on any atom is 0.317 e. The van der Waals surface area contributed by atoms with Crippen LogP contribution in [0.2, 0.25) is 0 Å². The summed E-state index contributed by atoms with van der Waals surface area (Å²) in [6.45, 7) is 6.98. The van der Waals surface area contributed by atoms with Crippen LogP contribution in [0.1, 0.15) is 18.4 Å². The van der Waals surface area contributed by atoms with Gasteiger partial charge in [0.1, 0.15) is 11.6 Å². The van der Waals surface area contributed by atoms with Crippen molar-refractivity contribution in [2.24, 2.45) is 5.73 Å². The van der Waals surface area contributed by atoms with Crippen LogP contribution in [0.15, 0.2) is 48.5 Å². The summed E-state index contributed by atoms with van der Waals surface area (Å²) >= 11 is 0. The fourth-order valence-electron chi connectivity index (χ4n) is 4.95. The monoisotopic (exact) mass is 433 g/mol. The maximum absolute atomic E-state index is 11.4. The number of nitrogens with one attached hydrogen (secondary N) is 1. The van der Waals surface area contributed by atoms with Crippen LogP contribution in [0.25, 0.3) is 10.9 Å². The second kappa shape index (κ2) is 9.12. The molecule has 0 saturated carbocycles. The van der Waals surface area contributed by atoms with E-state index in [0.29, 0.717) is 0 Å². The lowest BCUT2D eigenvalue weighted by molar-refractivity contribution is 0.250. The van der Waals surface area contributed by atoms with Crippen LogP contribution in [0.3, 0.4) is 0 Å². The van der Waals surface area contributed by atoms with E-state index >= 15 is 0 Å². The highest BCUT2D eigenvalue weighted by Gasteiger charge is 2.23. The quantitative estimate of drug-likeness (QED) is 0.558. The summed E-state index contributed by atoms with van der Waals surface area (Å²) in [7, 11) is 0. The van der Waals surface area contributed by atoms with E-state index in [1.54, 1.807) is 0 Å². The molecule has 0 bridgehead atoms. The number of aryl methyl sites for hydroxylation is 1. The first-order valence-corrected chi connectivity index (χ1v) is 11.6. The number of ether oxygens (including phenoxy) is 1. The topological polar surface area (TPSA) is 75.8 Å². The number of urea groups is 1. The van der Waals surface area contributed by atoms with E-state index in [1.165, 1.54) is 11.3 Å². The van der Waals surface area contributed by atoms with Crippen molar-refractivity contribution >= 4 is 28.4 Å². The van der Waals surface area contributed by atoms with Gasteiger partial charge < -0.3 is 19.9 Å². The molecule has 5 rings (SSSR count). The molecule has 2 aromatic carbocycles. The molecule has 0 radical (unpaired) electrons. The van der Waals surface area contributed by atoms with E-state index in [0.717, 1.165) is 87.6 Å². The Labute approximate surface area is 188 Å². The number of nitrogens with two attached hydrogens (primary N) is 1. The lowest BCUT2D eigenvalue weighted by Crippen LogP contribution is -2.46. The summed E-state index contributed by atoms with van der Waals surface area (Å²) in [4.78, 5) is 16.4. The number of nitrogens with zero attached hydrogens (tertiary/aromatic N) is 3. The zero-order valence-electron chi connectivity index (χ0n) is 18.4. The van der Waals surface area contributed by atoms with Crippen molar-refractivity contribution in [2.75, 3.05) is 49.5 Å². The van der Waals surface area contributed by atoms with Gasteiger partial charge in [-0.15, -0.1) is 0 Å². The molecule has 32 heavy (non-hydrogen) atoms. The molecule has 2 aliphatic rings. The fraction of sp³-hybridized carbons (Fsp3) is 0.400. The van der Waals surface area contributed by atoms with Gasteiger partial charge in [-0.2, -0.15) is 0 Å². The zero-order chi connectivity index (χ0) is 21.9. The van der Waals surface area contributed by atoms with Crippen molar-refractivity contribution in [1.29, 1.82) is 0 Å². The van der Waals surface area contributed by atoms with Crippen molar-refractivity contribution in [3.05, 3.63) is 54.1 Å². The van der Waals surface area contributed by atoms with E-state index in [9.17, 15) is 4.79 Å². The predicted octanol–water partition coefficient (Wildman–Crippen LogP) is 3.67. The van der Waals surface area contributed by atoms with Crippen LogP contribution < -0.4 is 20.7 Å². The van der Waals surface area contributed by atoms with Gasteiger partial charge >= 0.3 is 6.03 Å². The maximum atomic E-state index is 11.4. The molecule has 1 saturated heterocycles. The number of carbonyl (C=O) groups excluding carboxylic acids is 1. The van der Waals surface area contributed by atoms with Gasteiger partial charge in [-0.1, -0.05) is 30.3 Å². The smallest absolute Gasteiger partial charge is 0.317 e. The Morgan fingerprint density at radius 3 is 2.66 bits per heavy atom. The SMILES string of the molecule is NC(=O)Nc1cc2ccccc2n1CCCCN1CCN(c2cccc3c2OCC3)CC1. The van der Waals surface area contributed by atoms with Crippen LogP contribution in [-0.2, 0) is 13.0 Å². The third kappa shape index (κ3) is 4.25. The lowest BCUT2D eigenvalue weighted by Gasteiger charge is -2.36. The minimum Gasteiger partial charge on any atom is -0.491 e. The third-order valence-electron chi connectivity index (χ3n) is 6.57. The molecule has 3 aromatic rings. The number of fused-ring (bicyclic) bond motifs is 2. The summed E-state index contributed by atoms with van der Waals surface area (Å²) in [5, 5.41) is 3.88. The molecule has 3 N–H and O–H groups in total. The van der Waals surface area contributed by atoms with Crippen LogP contribution >= 0.6 is 0 Å². The molecule has 3 heterocycles. The van der Waals surface area contributed by atoms with Crippen molar-refractivity contribution in [2.45, 2.75) is 25.8 Å². The number of aromatic nitrogens is 1. The van der Waals surface area contributed by atoms with Crippen LogP contribution in [0.5, 0.6) is 5.75 Å². The number of hydrogen-bond acceptors (Lipinski definition) is 4. The number of para-hydroxylation sites is 2. The van der Waals surface area contributed by atoms with Gasteiger partial charge in [0.25, 0.3) is 0 Å². The van der Waals surface area contributed by atoms with E-state index in [1.807, 2.05) is 18.2 Å². The Kier molecular flexibility index (Phi) is 5.90. The summed E-state index contributed by atoms with van der Waals surface area (Å²) < 4.78 is 8.06. The van der Waals surface area contributed by atoms with Crippen molar-refractivity contribution < 1.29 is 9.53 Å². The van der Waals surface area contributed by atoms with E-state index in [2.05, 4.69) is 50.0 Å². The Morgan fingerprint density at radius 1 is 1.00 bits per heavy atom. The molecule has 1 fully saturated rings. The van der Waals surface area contributed by atoms with Crippen LogP contribution in [-0.4, -0.2) is 54.8 Å². The lowest BCUT2D eigenvalue weighted by atomic mass is 10.1. The molecule has 0 spiro atoms. The van der Waals surface area contributed by atoms with Gasteiger partial charge in [0.2, 0.25) is 0 Å². The number of amides is 2. The highest BCUT2D eigenvalue weighted by Crippen LogP contribution is 2.36. The number of benzene rings is 2. The van der Waals surface area contributed by atoms with Crippen LogP contribution in [0.4, 0.5) is 16.3 Å². The van der Waals surface area contributed by atoms with Gasteiger partial charge in [0.15, 0.2) is 0 Å². The average Bonchev–Trinajstić information content (AvgIpc) is 3.41. The van der Waals surface area contributed by atoms with Gasteiger partial charge in [-0.3, -0.25) is 10.2 Å². The molecule has 0 atom stereocenters. The number of anilines is 2. The largest absolute Gasteiger partial charge is 0.491 e. The molecule has 0 unspecified atom stereocenters. The Morgan fingerprint density at radius 2 is 1.81 bits per heavy atom. The minimum absolute atomic E-state index is 0.526. The van der Waals surface area contributed by atoms with E-state index in [4.69, 9.17) is 10.5 Å². The second-order valence-corrected chi connectivity index (χ2v) is 8.63. The number of hydrogen-bond donors (Lipinski definition) is 2. The highest BCUT2D eigenvalue weighted by atomic mass is 16.5. The Balaban J connectivity index is 1.13. The van der Waals surface area contributed by atoms with Gasteiger partial charge in [0, 0.05) is 50.0 Å². The first kappa shape index (κ1) is 20.7. The Bertz CT molecular complexity index is 1100. The number of primary amides is 1. The summed E-state index contributed by atoms with van der Waals surface area (Å²) in [6, 6.07) is 16.2. The van der Waals surface area contributed by atoms with E-state index < -0.39 is 6.03 Å². The number of rotatable bonds is 7.